The molecule has 0 bridgehead atoms. The summed E-state index contributed by atoms with van der Waals surface area (Å²) in [6.45, 7) is 0.140. The number of nitrogens with one attached hydrogen (secondary N) is 1. The number of hydrogen-bond acceptors (Lipinski definition) is 4. The highest BCUT2D eigenvalue weighted by Gasteiger charge is 2.07. The number of hydrogen-bond donors (Lipinski definition) is 1. The Bertz CT molecular complexity index is 584. The number of carbonyl (C=O) groups excluding carboxylic acids is 1. The molecule has 1 aromatic heterocycles. The Morgan fingerprint density at radius 3 is 2.95 bits per heavy atom. The van der Waals surface area contributed by atoms with Gasteiger partial charge in [0.25, 0.3) is 0 Å². The molecule has 19 heavy (non-hydrogen) atoms. The van der Waals surface area contributed by atoms with Gasteiger partial charge in [-0.05, 0) is 0 Å². The fourth-order valence-electron chi connectivity index (χ4n) is 1.46. The number of ether oxygens (including phenoxy) is 1. The van der Waals surface area contributed by atoms with E-state index in [1.807, 2.05) is 30.3 Å². The Morgan fingerprint density at radius 2 is 2.21 bits per heavy atom. The zero-order valence-electron chi connectivity index (χ0n) is 10.1. The molecule has 1 N–H and O–H groups in total. The van der Waals surface area contributed by atoms with Crippen LogP contribution in [0.1, 0.15) is 5.76 Å². The second-order valence-electron chi connectivity index (χ2n) is 3.68. The van der Waals surface area contributed by atoms with Crippen LogP contribution in [0.4, 0.5) is 4.79 Å². The normalized spacial score (nSPS) is 9.63. The second kappa shape index (κ2) is 6.26. The van der Waals surface area contributed by atoms with E-state index in [-0.39, 0.29) is 13.2 Å². The Labute approximate surface area is 110 Å². The fraction of sp³-hybridized carbons (Fsp3) is 0.143. The van der Waals surface area contributed by atoms with Crippen LogP contribution in [0.3, 0.4) is 0 Å². The van der Waals surface area contributed by atoms with Gasteiger partial charge < -0.3 is 14.6 Å². The van der Waals surface area contributed by atoms with Crippen molar-refractivity contribution in [3.63, 3.8) is 0 Å². The maximum atomic E-state index is 11.2. The van der Waals surface area contributed by atoms with Crippen molar-refractivity contribution in [2.75, 3.05) is 6.61 Å². The molecule has 0 saturated heterocycles. The van der Waals surface area contributed by atoms with Gasteiger partial charge in [-0.25, -0.2) is 4.79 Å². The van der Waals surface area contributed by atoms with E-state index in [1.54, 1.807) is 6.07 Å². The molecule has 96 valence electrons. The Kier molecular flexibility index (Phi) is 4.19. The molecule has 5 nitrogen and oxygen atoms in total. The third kappa shape index (κ3) is 3.61. The molecule has 0 aliphatic carbocycles. The summed E-state index contributed by atoms with van der Waals surface area (Å²) < 4.78 is 9.77. The molecule has 0 aliphatic rings. The van der Waals surface area contributed by atoms with Crippen molar-refractivity contribution in [2.24, 2.45) is 0 Å². The van der Waals surface area contributed by atoms with Crippen LogP contribution >= 0.6 is 0 Å². The van der Waals surface area contributed by atoms with Gasteiger partial charge in [0.2, 0.25) is 0 Å². The van der Waals surface area contributed by atoms with Crippen LogP contribution in [0.25, 0.3) is 11.3 Å². The van der Waals surface area contributed by atoms with Gasteiger partial charge in [-0.15, -0.1) is 6.42 Å². The van der Waals surface area contributed by atoms with E-state index >= 15 is 0 Å². The third-order valence-corrected chi connectivity index (χ3v) is 2.32. The topological polar surface area (TPSA) is 64.4 Å². The smallest absolute Gasteiger partial charge is 0.408 e. The van der Waals surface area contributed by atoms with E-state index in [4.69, 9.17) is 10.9 Å². The number of benzene rings is 1. The quantitative estimate of drug-likeness (QED) is 0.852. The lowest BCUT2D eigenvalue weighted by atomic mass is 10.1. The van der Waals surface area contributed by atoms with Crippen LogP contribution in [0.2, 0.25) is 0 Å². The first-order chi connectivity index (χ1) is 9.29. The summed E-state index contributed by atoms with van der Waals surface area (Å²) in [6, 6.07) is 11.4. The first kappa shape index (κ1) is 12.7. The summed E-state index contributed by atoms with van der Waals surface area (Å²) in [5.41, 5.74) is 1.67. The van der Waals surface area contributed by atoms with Crippen LogP contribution in [0.5, 0.6) is 0 Å². The fourth-order valence-corrected chi connectivity index (χ4v) is 1.46. The van der Waals surface area contributed by atoms with E-state index in [1.165, 1.54) is 0 Å². The van der Waals surface area contributed by atoms with Gasteiger partial charge >= 0.3 is 6.09 Å². The lowest BCUT2D eigenvalue weighted by molar-refractivity contribution is 0.158. The number of nitrogens with zero attached hydrogens (tertiary/aromatic N) is 1. The van der Waals surface area contributed by atoms with Crippen LogP contribution in [-0.2, 0) is 11.3 Å². The largest absolute Gasteiger partial charge is 0.436 e. The van der Waals surface area contributed by atoms with Crippen molar-refractivity contribution >= 4 is 6.09 Å². The highest BCUT2D eigenvalue weighted by molar-refractivity contribution is 5.67. The van der Waals surface area contributed by atoms with Crippen molar-refractivity contribution in [2.45, 2.75) is 6.54 Å². The Balaban J connectivity index is 1.92. The van der Waals surface area contributed by atoms with Crippen molar-refractivity contribution in [1.82, 2.24) is 10.5 Å². The monoisotopic (exact) mass is 256 g/mol. The number of carbonyl (C=O) groups is 1. The van der Waals surface area contributed by atoms with E-state index in [0.29, 0.717) is 5.76 Å². The molecule has 0 atom stereocenters. The average molecular weight is 256 g/mol. The lowest BCUT2D eigenvalue weighted by Crippen LogP contribution is -2.23. The highest BCUT2D eigenvalue weighted by atomic mass is 16.5. The predicted molar refractivity (Wildman–Crippen MR) is 69.0 cm³/mol. The molecule has 2 rings (SSSR count). The van der Waals surface area contributed by atoms with E-state index in [0.717, 1.165) is 11.3 Å². The number of amides is 1. The highest BCUT2D eigenvalue weighted by Crippen LogP contribution is 2.18. The van der Waals surface area contributed by atoms with Gasteiger partial charge in [0.05, 0.1) is 6.54 Å². The van der Waals surface area contributed by atoms with Gasteiger partial charge in [-0.3, -0.25) is 0 Å². The SMILES string of the molecule is C#CCOC(=O)NCc1cc(-c2ccccc2)no1. The van der Waals surface area contributed by atoms with Crippen LogP contribution in [0, 0.1) is 12.3 Å². The minimum absolute atomic E-state index is 0.0580. The van der Waals surface area contributed by atoms with Crippen LogP contribution in [-0.4, -0.2) is 17.9 Å². The van der Waals surface area contributed by atoms with E-state index < -0.39 is 6.09 Å². The molecule has 0 unspecified atom stereocenters. The molecule has 0 saturated carbocycles. The van der Waals surface area contributed by atoms with Gasteiger partial charge in [-0.2, -0.15) is 0 Å². The molecular weight excluding hydrogens is 244 g/mol. The third-order valence-electron chi connectivity index (χ3n) is 2.32. The minimum Gasteiger partial charge on any atom is -0.436 e. The summed E-state index contributed by atoms with van der Waals surface area (Å²) in [5, 5.41) is 6.44. The number of rotatable bonds is 4. The molecule has 0 aliphatic heterocycles. The summed E-state index contributed by atoms with van der Waals surface area (Å²) in [7, 11) is 0. The van der Waals surface area contributed by atoms with Crippen LogP contribution in [0.15, 0.2) is 40.9 Å². The molecule has 0 spiro atoms. The van der Waals surface area contributed by atoms with Gasteiger partial charge in [0.1, 0.15) is 5.69 Å². The van der Waals surface area contributed by atoms with Crippen molar-refractivity contribution in [3.05, 3.63) is 42.2 Å². The summed E-state index contributed by atoms with van der Waals surface area (Å²) in [5.74, 6) is 2.74. The van der Waals surface area contributed by atoms with Crippen LogP contribution < -0.4 is 5.32 Å². The Hall–Kier alpha value is -2.74. The summed E-state index contributed by atoms with van der Waals surface area (Å²) in [4.78, 5) is 11.2. The molecule has 5 heteroatoms. The molecule has 0 radical (unpaired) electrons. The molecule has 1 aromatic carbocycles. The maximum absolute atomic E-state index is 11.2. The molecule has 0 fully saturated rings. The predicted octanol–water partition coefficient (Wildman–Crippen LogP) is 2.20. The summed E-state index contributed by atoms with van der Waals surface area (Å²) >= 11 is 0. The van der Waals surface area contributed by atoms with E-state index in [9.17, 15) is 4.79 Å². The molecule has 1 heterocycles. The number of aromatic nitrogens is 1. The lowest BCUT2D eigenvalue weighted by Gasteiger charge is -2.01. The zero-order chi connectivity index (χ0) is 13.5. The maximum Gasteiger partial charge on any atom is 0.408 e. The zero-order valence-corrected chi connectivity index (χ0v) is 10.1. The second-order valence-corrected chi connectivity index (χ2v) is 3.68. The minimum atomic E-state index is -0.587. The standard InChI is InChI=1S/C14H12N2O3/c1-2-8-18-14(17)15-10-12-9-13(16-19-12)11-6-4-3-5-7-11/h1,3-7,9H,8,10H2,(H,15,17). The van der Waals surface area contributed by atoms with Gasteiger partial charge in [0, 0.05) is 11.6 Å². The van der Waals surface area contributed by atoms with Gasteiger partial charge in [0.15, 0.2) is 12.4 Å². The van der Waals surface area contributed by atoms with Gasteiger partial charge in [-0.1, -0.05) is 41.4 Å². The molecule has 2 aromatic rings. The number of alkyl carbamates (subject to hydrolysis) is 1. The van der Waals surface area contributed by atoms with E-state index in [2.05, 4.69) is 21.1 Å². The van der Waals surface area contributed by atoms with Crippen molar-refractivity contribution in [1.29, 1.82) is 0 Å². The molecular formula is C14H12N2O3. The first-order valence-corrected chi connectivity index (χ1v) is 5.64. The van der Waals surface area contributed by atoms with Crippen molar-refractivity contribution < 1.29 is 14.1 Å². The first-order valence-electron chi connectivity index (χ1n) is 5.64. The average Bonchev–Trinajstić information content (AvgIpc) is 2.93. The van der Waals surface area contributed by atoms with Crippen molar-refractivity contribution in [3.8, 4) is 23.6 Å². The number of terminal acetylenes is 1. The Morgan fingerprint density at radius 1 is 1.42 bits per heavy atom. The summed E-state index contributed by atoms with van der Waals surface area (Å²) in [6.07, 6.45) is 4.38. The molecule has 1 amide bonds.